The van der Waals surface area contributed by atoms with Crippen LogP contribution in [0.1, 0.15) is 5.56 Å². The van der Waals surface area contributed by atoms with Crippen LogP contribution in [0.25, 0.3) is 10.1 Å². The first-order valence-corrected chi connectivity index (χ1v) is 5.20. The predicted molar refractivity (Wildman–Crippen MR) is 58.1 cm³/mol. The molecule has 0 radical (unpaired) electrons. The third kappa shape index (κ3) is 1.30. The zero-order valence-corrected chi connectivity index (χ0v) is 9.00. The van der Waals surface area contributed by atoms with E-state index in [-0.39, 0.29) is 0 Å². The second kappa shape index (κ2) is 3.20. The highest BCUT2D eigenvalue weighted by Gasteiger charge is 2.08. The quantitative estimate of drug-likeness (QED) is 0.697. The second-order valence-corrected chi connectivity index (χ2v) is 4.17. The number of benzene rings is 1. The molecule has 68 valence electrons. The maximum Gasteiger partial charge on any atom is 0.124 e. The van der Waals surface area contributed by atoms with Crippen LogP contribution in [0, 0.1) is 6.92 Å². The third-order valence-electron chi connectivity index (χ3n) is 2.11. The summed E-state index contributed by atoms with van der Waals surface area (Å²) in [6, 6.07) is 3.90. The topological polar surface area (TPSA) is 9.23 Å². The van der Waals surface area contributed by atoms with Crippen molar-refractivity contribution in [1.82, 2.24) is 0 Å². The van der Waals surface area contributed by atoms with Gasteiger partial charge in [-0.05, 0) is 24.4 Å². The van der Waals surface area contributed by atoms with Crippen molar-refractivity contribution >= 4 is 33.0 Å². The molecule has 1 aromatic carbocycles. The van der Waals surface area contributed by atoms with Crippen LogP contribution >= 0.6 is 22.9 Å². The molecule has 0 aliphatic carbocycles. The Bertz CT molecular complexity index is 447. The molecule has 0 atom stereocenters. The highest BCUT2D eigenvalue weighted by atomic mass is 35.5. The Morgan fingerprint density at radius 2 is 2.23 bits per heavy atom. The van der Waals surface area contributed by atoms with Gasteiger partial charge in [-0.15, -0.1) is 11.3 Å². The molecule has 0 fully saturated rings. The Labute approximate surface area is 85.9 Å². The molecule has 2 rings (SSSR count). The van der Waals surface area contributed by atoms with Crippen LogP contribution in [0.5, 0.6) is 5.75 Å². The highest BCUT2D eigenvalue weighted by Crippen LogP contribution is 2.36. The number of rotatable bonds is 1. The Morgan fingerprint density at radius 3 is 2.92 bits per heavy atom. The van der Waals surface area contributed by atoms with E-state index in [2.05, 4.69) is 0 Å². The van der Waals surface area contributed by atoms with E-state index in [0.717, 1.165) is 21.7 Å². The average molecular weight is 213 g/mol. The normalized spacial score (nSPS) is 10.7. The van der Waals surface area contributed by atoms with Gasteiger partial charge in [-0.2, -0.15) is 0 Å². The minimum Gasteiger partial charge on any atom is -0.496 e. The van der Waals surface area contributed by atoms with Crippen LogP contribution in [0.3, 0.4) is 0 Å². The lowest BCUT2D eigenvalue weighted by atomic mass is 10.1. The molecule has 0 unspecified atom stereocenters. The molecule has 0 saturated carbocycles. The minimum atomic E-state index is 0.763. The van der Waals surface area contributed by atoms with Crippen LogP contribution in [-0.4, -0.2) is 7.11 Å². The van der Waals surface area contributed by atoms with Gasteiger partial charge in [0.05, 0.1) is 12.1 Å². The van der Waals surface area contributed by atoms with Gasteiger partial charge in [-0.1, -0.05) is 11.6 Å². The van der Waals surface area contributed by atoms with Crippen LogP contribution < -0.4 is 4.74 Å². The number of halogens is 1. The lowest BCUT2D eigenvalue weighted by Gasteiger charge is -2.06. The standard InChI is InChI=1S/C10H9ClOS/c1-6-9(12-2)5-8(11)7-3-4-13-10(6)7/h3-5H,1-2H3. The second-order valence-electron chi connectivity index (χ2n) is 2.85. The first-order chi connectivity index (χ1) is 6.24. The van der Waals surface area contributed by atoms with Crippen molar-refractivity contribution < 1.29 is 4.74 Å². The van der Waals surface area contributed by atoms with E-state index in [9.17, 15) is 0 Å². The Kier molecular flexibility index (Phi) is 2.18. The van der Waals surface area contributed by atoms with Crippen molar-refractivity contribution in [3.63, 3.8) is 0 Å². The minimum absolute atomic E-state index is 0.763. The SMILES string of the molecule is COc1cc(Cl)c2ccsc2c1C. The first-order valence-electron chi connectivity index (χ1n) is 3.94. The van der Waals surface area contributed by atoms with Crippen LogP contribution in [-0.2, 0) is 0 Å². The van der Waals surface area contributed by atoms with Crippen LogP contribution in [0.15, 0.2) is 17.5 Å². The molecule has 0 amide bonds. The number of aryl methyl sites for hydroxylation is 1. The van der Waals surface area contributed by atoms with Gasteiger partial charge >= 0.3 is 0 Å². The van der Waals surface area contributed by atoms with Crippen LogP contribution in [0.4, 0.5) is 0 Å². The molecule has 0 aliphatic rings. The summed E-state index contributed by atoms with van der Waals surface area (Å²) in [4.78, 5) is 0. The fourth-order valence-electron chi connectivity index (χ4n) is 1.41. The number of ether oxygens (including phenoxy) is 1. The fourth-order valence-corrected chi connectivity index (χ4v) is 2.65. The smallest absolute Gasteiger partial charge is 0.124 e. The molecule has 1 aromatic heterocycles. The number of thiophene rings is 1. The Balaban J connectivity index is 2.85. The van der Waals surface area contributed by atoms with E-state index < -0.39 is 0 Å². The number of fused-ring (bicyclic) bond motifs is 1. The van der Waals surface area contributed by atoms with Crippen molar-refractivity contribution in [2.75, 3.05) is 7.11 Å². The Morgan fingerprint density at radius 1 is 1.46 bits per heavy atom. The van der Waals surface area contributed by atoms with Gasteiger partial charge in [0, 0.05) is 15.6 Å². The molecule has 0 aliphatic heterocycles. The van der Waals surface area contributed by atoms with E-state index in [1.54, 1.807) is 18.4 Å². The van der Waals surface area contributed by atoms with Gasteiger partial charge in [0.1, 0.15) is 5.75 Å². The number of hydrogen-bond acceptors (Lipinski definition) is 2. The predicted octanol–water partition coefficient (Wildman–Crippen LogP) is 3.87. The van der Waals surface area contributed by atoms with Gasteiger partial charge in [0.25, 0.3) is 0 Å². The molecule has 1 nitrogen and oxygen atoms in total. The van der Waals surface area contributed by atoms with Crippen LogP contribution in [0.2, 0.25) is 5.02 Å². The summed E-state index contributed by atoms with van der Waals surface area (Å²) in [5.41, 5.74) is 1.16. The molecule has 0 N–H and O–H groups in total. The van der Waals surface area contributed by atoms with Crippen molar-refractivity contribution in [2.45, 2.75) is 6.92 Å². The molecular formula is C10H9ClOS. The van der Waals surface area contributed by atoms with E-state index in [4.69, 9.17) is 16.3 Å². The summed E-state index contributed by atoms with van der Waals surface area (Å²) in [7, 11) is 1.66. The molecule has 1 heterocycles. The third-order valence-corrected chi connectivity index (χ3v) is 3.46. The monoisotopic (exact) mass is 212 g/mol. The average Bonchev–Trinajstić information content (AvgIpc) is 2.60. The van der Waals surface area contributed by atoms with Gasteiger partial charge < -0.3 is 4.74 Å². The maximum absolute atomic E-state index is 6.08. The molecule has 2 aromatic rings. The zero-order chi connectivity index (χ0) is 9.42. The number of methoxy groups -OCH3 is 1. The van der Waals surface area contributed by atoms with Gasteiger partial charge in [0.15, 0.2) is 0 Å². The fraction of sp³-hybridized carbons (Fsp3) is 0.200. The summed E-state index contributed by atoms with van der Waals surface area (Å²) >= 11 is 7.77. The van der Waals surface area contributed by atoms with E-state index in [1.165, 1.54) is 4.70 Å². The molecular weight excluding hydrogens is 204 g/mol. The van der Waals surface area contributed by atoms with Gasteiger partial charge in [-0.3, -0.25) is 0 Å². The zero-order valence-electron chi connectivity index (χ0n) is 7.43. The van der Waals surface area contributed by atoms with E-state index in [0.29, 0.717) is 0 Å². The van der Waals surface area contributed by atoms with E-state index >= 15 is 0 Å². The maximum atomic E-state index is 6.08. The number of hydrogen-bond donors (Lipinski definition) is 0. The molecule has 0 saturated heterocycles. The first kappa shape index (κ1) is 8.85. The largest absolute Gasteiger partial charge is 0.496 e. The summed E-state index contributed by atoms with van der Waals surface area (Å²) in [6.45, 7) is 2.05. The molecule has 3 heteroatoms. The van der Waals surface area contributed by atoms with Crippen molar-refractivity contribution in [3.8, 4) is 5.75 Å². The van der Waals surface area contributed by atoms with E-state index in [1.807, 2.05) is 24.4 Å². The Hall–Kier alpha value is -0.730. The lowest BCUT2D eigenvalue weighted by molar-refractivity contribution is 0.412. The molecule has 0 bridgehead atoms. The van der Waals surface area contributed by atoms with Gasteiger partial charge in [-0.25, -0.2) is 0 Å². The van der Waals surface area contributed by atoms with Crippen molar-refractivity contribution in [1.29, 1.82) is 0 Å². The van der Waals surface area contributed by atoms with Crippen molar-refractivity contribution in [2.24, 2.45) is 0 Å². The summed E-state index contributed by atoms with van der Waals surface area (Å²) in [6.07, 6.45) is 0. The molecule has 0 spiro atoms. The summed E-state index contributed by atoms with van der Waals surface area (Å²) < 4.78 is 6.44. The summed E-state index contributed by atoms with van der Waals surface area (Å²) in [5, 5.41) is 3.92. The van der Waals surface area contributed by atoms with Gasteiger partial charge in [0.2, 0.25) is 0 Å². The molecule has 13 heavy (non-hydrogen) atoms. The summed E-state index contributed by atoms with van der Waals surface area (Å²) in [5.74, 6) is 0.861. The lowest BCUT2D eigenvalue weighted by Crippen LogP contribution is -1.86. The highest BCUT2D eigenvalue weighted by molar-refractivity contribution is 7.17. The van der Waals surface area contributed by atoms with Crippen molar-refractivity contribution in [3.05, 3.63) is 28.1 Å².